The SMILES string of the molecule is CC(C)(C)N(C(=O)O)C1CCN(c2nc3ccc(C(=O)NO)cc3[nH]2)CC1. The van der Waals surface area contributed by atoms with E-state index in [2.05, 4.69) is 14.9 Å². The maximum absolute atomic E-state index is 11.7. The van der Waals surface area contributed by atoms with Gasteiger partial charge in [-0.05, 0) is 51.8 Å². The zero-order valence-corrected chi connectivity index (χ0v) is 15.7. The minimum atomic E-state index is -0.889. The predicted molar refractivity (Wildman–Crippen MR) is 100 cm³/mol. The van der Waals surface area contributed by atoms with Crippen LogP contribution in [0.15, 0.2) is 18.2 Å². The quantitative estimate of drug-likeness (QED) is 0.483. The number of hydroxylamine groups is 1. The molecular formula is C18H25N5O4. The van der Waals surface area contributed by atoms with Gasteiger partial charge in [0.05, 0.1) is 11.0 Å². The first-order valence-electron chi connectivity index (χ1n) is 8.92. The van der Waals surface area contributed by atoms with Crippen molar-refractivity contribution < 1.29 is 19.9 Å². The fourth-order valence-electron chi connectivity index (χ4n) is 3.68. The van der Waals surface area contributed by atoms with Crippen LogP contribution in [0.25, 0.3) is 11.0 Å². The Hall–Kier alpha value is -2.81. The average molecular weight is 375 g/mol. The van der Waals surface area contributed by atoms with Gasteiger partial charge in [0.25, 0.3) is 5.91 Å². The minimum absolute atomic E-state index is 0.0250. The summed E-state index contributed by atoms with van der Waals surface area (Å²) in [6.07, 6.45) is 0.553. The molecule has 0 radical (unpaired) electrons. The lowest BCUT2D eigenvalue weighted by Gasteiger charge is -2.43. The highest BCUT2D eigenvalue weighted by Crippen LogP contribution is 2.27. The number of rotatable bonds is 3. The zero-order valence-electron chi connectivity index (χ0n) is 15.7. The molecule has 0 bridgehead atoms. The molecule has 0 saturated carbocycles. The van der Waals surface area contributed by atoms with Crippen molar-refractivity contribution in [2.45, 2.75) is 45.2 Å². The van der Waals surface area contributed by atoms with Crippen molar-refractivity contribution in [3.05, 3.63) is 23.8 Å². The number of nitrogens with zero attached hydrogens (tertiary/aromatic N) is 3. The minimum Gasteiger partial charge on any atom is -0.465 e. The Balaban J connectivity index is 1.74. The number of imidazole rings is 1. The lowest BCUT2D eigenvalue weighted by atomic mass is 9.97. The summed E-state index contributed by atoms with van der Waals surface area (Å²) in [5.74, 6) is 0.118. The Morgan fingerprint density at radius 1 is 1.30 bits per heavy atom. The second kappa shape index (κ2) is 7.07. The summed E-state index contributed by atoms with van der Waals surface area (Å²) < 4.78 is 0. The fourth-order valence-corrected chi connectivity index (χ4v) is 3.68. The molecule has 2 heterocycles. The van der Waals surface area contributed by atoms with Crippen molar-refractivity contribution in [2.75, 3.05) is 18.0 Å². The third kappa shape index (κ3) is 3.82. The lowest BCUT2D eigenvalue weighted by molar-refractivity contribution is 0.0615. The number of carbonyl (C=O) groups excluding carboxylic acids is 1. The number of benzene rings is 1. The topological polar surface area (TPSA) is 122 Å². The van der Waals surface area contributed by atoms with Gasteiger partial charge in [0, 0.05) is 30.2 Å². The highest BCUT2D eigenvalue weighted by molar-refractivity contribution is 5.96. The van der Waals surface area contributed by atoms with Crippen LogP contribution in [0.3, 0.4) is 0 Å². The molecule has 146 valence electrons. The van der Waals surface area contributed by atoms with Crippen LogP contribution in [0.1, 0.15) is 44.0 Å². The van der Waals surface area contributed by atoms with E-state index < -0.39 is 17.5 Å². The van der Waals surface area contributed by atoms with E-state index in [1.54, 1.807) is 28.6 Å². The molecule has 9 heteroatoms. The van der Waals surface area contributed by atoms with Crippen molar-refractivity contribution in [3.63, 3.8) is 0 Å². The van der Waals surface area contributed by atoms with Gasteiger partial charge in [0.1, 0.15) is 0 Å². The van der Waals surface area contributed by atoms with Crippen LogP contribution in [-0.4, -0.2) is 61.9 Å². The molecule has 0 aliphatic carbocycles. The monoisotopic (exact) mass is 375 g/mol. The third-order valence-electron chi connectivity index (χ3n) is 4.89. The lowest BCUT2D eigenvalue weighted by Crippen LogP contribution is -2.54. The maximum Gasteiger partial charge on any atom is 0.407 e. The standard InChI is InChI=1S/C18H25N5O4/c1-18(2,3)23(17(25)26)12-6-8-22(9-7-12)16-19-13-5-4-11(15(24)21-27)10-14(13)20-16/h4-5,10,12,27H,6-9H2,1-3H3,(H,19,20)(H,21,24)(H,25,26). The molecule has 1 aliphatic heterocycles. The van der Waals surface area contributed by atoms with Gasteiger partial charge in [0.2, 0.25) is 5.95 Å². The van der Waals surface area contributed by atoms with E-state index in [4.69, 9.17) is 5.21 Å². The van der Waals surface area contributed by atoms with Crippen LogP contribution < -0.4 is 10.4 Å². The summed E-state index contributed by atoms with van der Waals surface area (Å²) in [5, 5.41) is 18.3. The molecule has 27 heavy (non-hydrogen) atoms. The number of aromatic amines is 1. The number of fused-ring (bicyclic) bond motifs is 1. The summed E-state index contributed by atoms with van der Waals surface area (Å²) >= 11 is 0. The van der Waals surface area contributed by atoms with Crippen molar-refractivity contribution in [1.29, 1.82) is 0 Å². The summed E-state index contributed by atoms with van der Waals surface area (Å²) in [5.41, 5.74) is 2.94. The molecule has 1 aromatic carbocycles. The zero-order chi connectivity index (χ0) is 19.8. The molecule has 1 aliphatic rings. The van der Waals surface area contributed by atoms with E-state index in [-0.39, 0.29) is 6.04 Å². The Morgan fingerprint density at radius 3 is 2.52 bits per heavy atom. The summed E-state index contributed by atoms with van der Waals surface area (Å²) in [6.45, 7) is 7.11. The number of piperidine rings is 1. The molecule has 3 rings (SSSR count). The van der Waals surface area contributed by atoms with Crippen molar-refractivity contribution >= 4 is 29.0 Å². The van der Waals surface area contributed by atoms with E-state index in [0.29, 0.717) is 30.1 Å². The summed E-state index contributed by atoms with van der Waals surface area (Å²) in [7, 11) is 0. The fraction of sp³-hybridized carbons (Fsp3) is 0.500. The van der Waals surface area contributed by atoms with Gasteiger partial charge >= 0.3 is 6.09 Å². The van der Waals surface area contributed by atoms with Crippen LogP contribution in [0, 0.1) is 0 Å². The highest BCUT2D eigenvalue weighted by Gasteiger charge is 2.35. The van der Waals surface area contributed by atoms with E-state index in [0.717, 1.165) is 18.4 Å². The van der Waals surface area contributed by atoms with Gasteiger partial charge in [-0.1, -0.05) is 0 Å². The number of H-pyrrole nitrogens is 1. The number of carboxylic acid groups (broad SMARTS) is 1. The normalized spacial score (nSPS) is 15.8. The van der Waals surface area contributed by atoms with E-state index in [1.807, 2.05) is 20.8 Å². The van der Waals surface area contributed by atoms with Gasteiger partial charge in [-0.3, -0.25) is 10.0 Å². The molecule has 0 atom stereocenters. The number of aromatic nitrogens is 2. The smallest absolute Gasteiger partial charge is 0.407 e. The molecule has 1 aromatic heterocycles. The predicted octanol–water partition coefficient (Wildman–Crippen LogP) is 2.43. The van der Waals surface area contributed by atoms with Gasteiger partial charge in [-0.2, -0.15) is 0 Å². The average Bonchev–Trinajstić information content (AvgIpc) is 3.03. The second-order valence-corrected chi connectivity index (χ2v) is 7.77. The van der Waals surface area contributed by atoms with Crippen LogP contribution in [0.4, 0.5) is 10.7 Å². The second-order valence-electron chi connectivity index (χ2n) is 7.77. The van der Waals surface area contributed by atoms with E-state index >= 15 is 0 Å². The van der Waals surface area contributed by atoms with Crippen LogP contribution >= 0.6 is 0 Å². The maximum atomic E-state index is 11.7. The number of nitrogens with one attached hydrogen (secondary N) is 2. The number of anilines is 1. The van der Waals surface area contributed by atoms with Crippen LogP contribution in [-0.2, 0) is 0 Å². The first-order valence-corrected chi connectivity index (χ1v) is 8.92. The molecule has 0 spiro atoms. The molecule has 1 fully saturated rings. The Labute approximate surface area is 156 Å². The molecule has 9 nitrogen and oxygen atoms in total. The molecule has 4 N–H and O–H groups in total. The largest absolute Gasteiger partial charge is 0.465 e. The molecule has 1 saturated heterocycles. The Kier molecular flexibility index (Phi) is 4.97. The van der Waals surface area contributed by atoms with Gasteiger partial charge < -0.3 is 19.9 Å². The van der Waals surface area contributed by atoms with Gasteiger partial charge in [0.15, 0.2) is 0 Å². The molecule has 0 unspecified atom stereocenters. The number of hydrogen-bond acceptors (Lipinski definition) is 5. The van der Waals surface area contributed by atoms with Crippen LogP contribution in [0.2, 0.25) is 0 Å². The molecular weight excluding hydrogens is 350 g/mol. The highest BCUT2D eigenvalue weighted by atomic mass is 16.5. The molecule has 2 amide bonds. The van der Waals surface area contributed by atoms with E-state index in [9.17, 15) is 14.7 Å². The summed E-state index contributed by atoms with van der Waals surface area (Å²) in [4.78, 5) is 34.6. The van der Waals surface area contributed by atoms with Crippen molar-refractivity contribution in [2.24, 2.45) is 0 Å². The first-order chi connectivity index (χ1) is 12.7. The van der Waals surface area contributed by atoms with Gasteiger partial charge in [-0.15, -0.1) is 0 Å². The van der Waals surface area contributed by atoms with Gasteiger partial charge in [-0.25, -0.2) is 15.3 Å². The third-order valence-corrected chi connectivity index (χ3v) is 4.89. The number of amides is 2. The number of carbonyl (C=O) groups is 2. The number of hydrogen-bond donors (Lipinski definition) is 4. The Bertz CT molecular complexity index is 849. The van der Waals surface area contributed by atoms with E-state index in [1.165, 1.54) is 0 Å². The Morgan fingerprint density at radius 2 is 1.96 bits per heavy atom. The van der Waals surface area contributed by atoms with Crippen molar-refractivity contribution in [1.82, 2.24) is 20.3 Å². The first kappa shape index (κ1) is 19.0. The molecule has 2 aromatic rings. The van der Waals surface area contributed by atoms with Crippen molar-refractivity contribution in [3.8, 4) is 0 Å². The van der Waals surface area contributed by atoms with Crippen LogP contribution in [0.5, 0.6) is 0 Å². The summed E-state index contributed by atoms with van der Waals surface area (Å²) in [6, 6.07) is 4.93.